The lowest BCUT2D eigenvalue weighted by Crippen LogP contribution is -2.55. The highest BCUT2D eigenvalue weighted by Crippen LogP contribution is 2.25. The van der Waals surface area contributed by atoms with Crippen molar-refractivity contribution in [2.24, 2.45) is 0 Å². The lowest BCUT2D eigenvalue weighted by atomic mass is 9.97. The molecule has 3 nitrogen and oxygen atoms in total. The van der Waals surface area contributed by atoms with Gasteiger partial charge in [-0.1, -0.05) is 33.6 Å². The summed E-state index contributed by atoms with van der Waals surface area (Å²) < 4.78 is 5.98. The molecule has 0 radical (unpaired) electrons. The molecular formula is C17H24BrNO2. The number of morpholine rings is 1. The predicted octanol–water partition coefficient (Wildman–Crippen LogP) is 3.63. The van der Waals surface area contributed by atoms with Crippen LogP contribution in [-0.2, 0) is 4.74 Å². The largest absolute Gasteiger partial charge is 0.368 e. The standard InChI is InChI=1S/C17H24BrNO2/c1-11-6-12(2)15(13(3)7-11)16(20)19-9-14(8-18)21-17(4,5)10-19/h6-7,14H,8-10H2,1-5H3. The molecule has 116 valence electrons. The van der Waals surface area contributed by atoms with Gasteiger partial charge in [0, 0.05) is 24.0 Å². The Morgan fingerprint density at radius 3 is 2.43 bits per heavy atom. The summed E-state index contributed by atoms with van der Waals surface area (Å²) in [5.74, 6) is 0.118. The van der Waals surface area contributed by atoms with Crippen LogP contribution in [0.25, 0.3) is 0 Å². The SMILES string of the molecule is Cc1cc(C)c(C(=O)N2CC(CBr)OC(C)(C)C2)c(C)c1. The zero-order valence-electron chi connectivity index (χ0n) is 13.5. The van der Waals surface area contributed by atoms with Gasteiger partial charge in [0.2, 0.25) is 0 Å². The Hall–Kier alpha value is -0.870. The fourth-order valence-electron chi connectivity index (χ4n) is 3.21. The number of ether oxygens (including phenoxy) is 1. The molecule has 0 N–H and O–H groups in total. The lowest BCUT2D eigenvalue weighted by molar-refractivity contribution is -0.116. The van der Waals surface area contributed by atoms with Gasteiger partial charge in [-0.3, -0.25) is 4.79 Å². The van der Waals surface area contributed by atoms with E-state index in [1.54, 1.807) is 0 Å². The lowest BCUT2D eigenvalue weighted by Gasteiger charge is -2.42. The zero-order chi connectivity index (χ0) is 15.8. The highest BCUT2D eigenvalue weighted by Gasteiger charge is 2.36. The second-order valence-electron chi connectivity index (χ2n) is 6.61. The number of carbonyl (C=O) groups is 1. The summed E-state index contributed by atoms with van der Waals surface area (Å²) >= 11 is 3.47. The maximum absolute atomic E-state index is 13.0. The Morgan fingerprint density at radius 2 is 1.90 bits per heavy atom. The molecule has 1 amide bonds. The number of benzene rings is 1. The van der Waals surface area contributed by atoms with E-state index in [1.165, 1.54) is 5.56 Å². The van der Waals surface area contributed by atoms with Gasteiger partial charge in [-0.2, -0.15) is 0 Å². The van der Waals surface area contributed by atoms with Gasteiger partial charge in [0.25, 0.3) is 5.91 Å². The molecule has 0 aromatic heterocycles. The van der Waals surface area contributed by atoms with Crippen molar-refractivity contribution in [3.05, 3.63) is 34.4 Å². The third-order valence-electron chi connectivity index (χ3n) is 3.83. The van der Waals surface area contributed by atoms with Crippen molar-refractivity contribution in [3.8, 4) is 0 Å². The van der Waals surface area contributed by atoms with E-state index in [-0.39, 0.29) is 17.6 Å². The minimum absolute atomic E-state index is 0.0451. The molecule has 1 atom stereocenters. The topological polar surface area (TPSA) is 29.5 Å². The van der Waals surface area contributed by atoms with E-state index in [0.717, 1.165) is 22.0 Å². The predicted molar refractivity (Wildman–Crippen MR) is 89.3 cm³/mol. The van der Waals surface area contributed by atoms with Crippen LogP contribution in [0.3, 0.4) is 0 Å². The van der Waals surface area contributed by atoms with Crippen LogP contribution in [0.1, 0.15) is 40.9 Å². The summed E-state index contributed by atoms with van der Waals surface area (Å²) in [4.78, 5) is 14.9. The molecule has 1 heterocycles. The highest BCUT2D eigenvalue weighted by molar-refractivity contribution is 9.09. The maximum Gasteiger partial charge on any atom is 0.254 e. The summed E-state index contributed by atoms with van der Waals surface area (Å²) in [5.41, 5.74) is 3.84. The third-order valence-corrected chi connectivity index (χ3v) is 4.55. The molecule has 1 unspecified atom stereocenters. The average Bonchev–Trinajstić information content (AvgIpc) is 2.35. The minimum atomic E-state index is -0.307. The summed E-state index contributed by atoms with van der Waals surface area (Å²) in [7, 11) is 0. The Labute approximate surface area is 135 Å². The van der Waals surface area contributed by atoms with E-state index in [9.17, 15) is 4.79 Å². The van der Waals surface area contributed by atoms with Crippen molar-refractivity contribution in [3.63, 3.8) is 0 Å². The van der Waals surface area contributed by atoms with Gasteiger partial charge in [-0.25, -0.2) is 0 Å². The summed E-state index contributed by atoms with van der Waals surface area (Å²) in [6, 6.07) is 4.15. The highest BCUT2D eigenvalue weighted by atomic mass is 79.9. The fraction of sp³-hybridized carbons (Fsp3) is 0.588. The number of halogens is 1. The molecule has 0 spiro atoms. The van der Waals surface area contributed by atoms with Crippen molar-refractivity contribution in [2.45, 2.75) is 46.3 Å². The summed E-state index contributed by atoms with van der Waals surface area (Å²) in [5, 5.41) is 0.742. The molecule has 1 fully saturated rings. The maximum atomic E-state index is 13.0. The number of hydrogen-bond donors (Lipinski definition) is 0. The van der Waals surface area contributed by atoms with E-state index < -0.39 is 0 Å². The van der Waals surface area contributed by atoms with Crippen molar-refractivity contribution >= 4 is 21.8 Å². The molecular weight excluding hydrogens is 330 g/mol. The molecule has 0 bridgehead atoms. The van der Waals surface area contributed by atoms with Gasteiger partial charge in [0.15, 0.2) is 0 Å². The Balaban J connectivity index is 2.31. The van der Waals surface area contributed by atoms with Gasteiger partial charge in [-0.15, -0.1) is 0 Å². The van der Waals surface area contributed by atoms with E-state index in [1.807, 2.05) is 32.6 Å². The van der Waals surface area contributed by atoms with Gasteiger partial charge in [-0.05, 0) is 45.7 Å². The van der Waals surface area contributed by atoms with E-state index in [4.69, 9.17) is 4.74 Å². The van der Waals surface area contributed by atoms with Crippen LogP contribution in [0, 0.1) is 20.8 Å². The van der Waals surface area contributed by atoms with Crippen LogP contribution in [0.2, 0.25) is 0 Å². The molecule has 1 aliphatic rings. The molecule has 1 saturated heterocycles. The normalized spacial score (nSPS) is 21.4. The molecule has 4 heteroatoms. The average molecular weight is 354 g/mol. The van der Waals surface area contributed by atoms with Gasteiger partial charge in [0.05, 0.1) is 11.7 Å². The Bertz CT molecular complexity index is 531. The molecule has 1 aliphatic heterocycles. The fourth-order valence-corrected chi connectivity index (χ4v) is 3.54. The first-order valence-electron chi connectivity index (χ1n) is 7.34. The molecule has 2 rings (SSSR count). The second-order valence-corrected chi connectivity index (χ2v) is 7.26. The van der Waals surface area contributed by atoms with Crippen LogP contribution < -0.4 is 0 Å². The van der Waals surface area contributed by atoms with Gasteiger partial charge < -0.3 is 9.64 Å². The number of nitrogens with zero attached hydrogens (tertiary/aromatic N) is 1. The molecule has 21 heavy (non-hydrogen) atoms. The molecule has 0 aliphatic carbocycles. The first-order valence-corrected chi connectivity index (χ1v) is 8.46. The van der Waals surface area contributed by atoms with Crippen LogP contribution in [0.4, 0.5) is 0 Å². The van der Waals surface area contributed by atoms with Crippen molar-refractivity contribution in [1.29, 1.82) is 0 Å². The van der Waals surface area contributed by atoms with Crippen molar-refractivity contribution in [2.75, 3.05) is 18.4 Å². The molecule has 0 saturated carbocycles. The van der Waals surface area contributed by atoms with E-state index in [2.05, 4.69) is 35.0 Å². The third kappa shape index (κ3) is 3.67. The minimum Gasteiger partial charge on any atom is -0.368 e. The van der Waals surface area contributed by atoms with Crippen molar-refractivity contribution < 1.29 is 9.53 Å². The Kier molecular flexibility index (Phi) is 4.79. The number of hydrogen-bond acceptors (Lipinski definition) is 2. The van der Waals surface area contributed by atoms with Gasteiger partial charge in [0.1, 0.15) is 0 Å². The van der Waals surface area contributed by atoms with Crippen molar-refractivity contribution in [1.82, 2.24) is 4.90 Å². The quantitative estimate of drug-likeness (QED) is 0.759. The first kappa shape index (κ1) is 16.5. The monoisotopic (exact) mass is 353 g/mol. The number of aryl methyl sites for hydroxylation is 3. The number of carbonyl (C=O) groups excluding carboxylic acids is 1. The number of alkyl halides is 1. The van der Waals surface area contributed by atoms with E-state index >= 15 is 0 Å². The smallest absolute Gasteiger partial charge is 0.254 e. The van der Waals surface area contributed by atoms with Crippen LogP contribution in [0.15, 0.2) is 12.1 Å². The summed E-state index contributed by atoms with van der Waals surface area (Å²) in [6.45, 7) is 11.4. The molecule has 1 aromatic rings. The number of amides is 1. The Morgan fingerprint density at radius 1 is 1.33 bits per heavy atom. The van der Waals surface area contributed by atoms with Crippen LogP contribution in [0.5, 0.6) is 0 Å². The van der Waals surface area contributed by atoms with Gasteiger partial charge >= 0.3 is 0 Å². The summed E-state index contributed by atoms with van der Waals surface area (Å²) in [6.07, 6.45) is 0.0451. The molecule has 1 aromatic carbocycles. The van der Waals surface area contributed by atoms with Crippen LogP contribution in [-0.4, -0.2) is 40.9 Å². The van der Waals surface area contributed by atoms with Crippen LogP contribution >= 0.6 is 15.9 Å². The first-order chi connectivity index (χ1) is 9.73. The second kappa shape index (κ2) is 6.09. The number of rotatable bonds is 2. The zero-order valence-corrected chi connectivity index (χ0v) is 15.1. The van der Waals surface area contributed by atoms with E-state index in [0.29, 0.717) is 13.1 Å².